The summed E-state index contributed by atoms with van der Waals surface area (Å²) in [7, 11) is 2.00. The van der Waals surface area contributed by atoms with E-state index in [1.54, 1.807) is 11.1 Å². The largest absolute Gasteiger partial charge is 0.319 e. The first-order valence-corrected chi connectivity index (χ1v) is 23.1. The van der Waals surface area contributed by atoms with Crippen LogP contribution in [0.1, 0.15) is 129 Å². The average Bonchev–Trinajstić information content (AvgIpc) is 3.62. The van der Waals surface area contributed by atoms with Crippen molar-refractivity contribution in [2.75, 3.05) is 13.6 Å². The zero-order valence-corrected chi connectivity index (χ0v) is 41.2. The van der Waals surface area contributed by atoms with Gasteiger partial charge in [-0.3, -0.25) is 0 Å². The van der Waals surface area contributed by atoms with E-state index in [1.165, 1.54) is 44.5 Å². The van der Waals surface area contributed by atoms with Gasteiger partial charge in [-0.1, -0.05) is 254 Å². The van der Waals surface area contributed by atoms with Crippen molar-refractivity contribution in [3.05, 3.63) is 196 Å². The molecule has 1 heteroatoms. The summed E-state index contributed by atoms with van der Waals surface area (Å²) in [5.41, 5.74) is 14.4. The minimum absolute atomic E-state index is 0.502. The zero-order chi connectivity index (χ0) is 45.3. The molecule has 0 radical (unpaired) electrons. The zero-order valence-electron chi connectivity index (χ0n) is 41.2. The molecule has 0 aromatic heterocycles. The first-order chi connectivity index (χ1) is 28.9. The van der Waals surface area contributed by atoms with Crippen LogP contribution in [0.25, 0.3) is 5.57 Å². The predicted octanol–water partition coefficient (Wildman–Crippen LogP) is 17.3. The molecule has 6 rings (SSSR count). The molecule has 1 N–H and O–H groups in total. The molecule has 328 valence electrons. The summed E-state index contributed by atoms with van der Waals surface area (Å²) in [6, 6.07) is 38.0. The van der Waals surface area contributed by atoms with Crippen molar-refractivity contribution < 1.29 is 0 Å². The van der Waals surface area contributed by atoms with Crippen LogP contribution in [0.4, 0.5) is 0 Å². The third-order valence-corrected chi connectivity index (χ3v) is 10.4. The van der Waals surface area contributed by atoms with Gasteiger partial charge in [0.25, 0.3) is 0 Å². The molecule has 0 aliphatic heterocycles. The molecule has 60 heavy (non-hydrogen) atoms. The summed E-state index contributed by atoms with van der Waals surface area (Å²) in [4.78, 5) is 0. The molecule has 2 aliphatic rings. The van der Waals surface area contributed by atoms with Crippen molar-refractivity contribution in [3.8, 4) is 0 Å². The standard InChI is InChI=1S/C26H32.C8H10.C7H17N.2C7H8.2C2H6/c1-5-7-8-11-21(6-2)17-23-18-22-12-9-10-13-25(22)26(23)24-15-14-19(3)16-20(24)4;1-7-3-5-8(2)6-4-7;1-6(2)7(3)5-8-4;2*1-7-5-3-2-4-6-7;2*1-2/h7-16,20,24H,5-6,17-18H2,1-4H3;3-6H,1-2H3;6-8H,5H2,1-4H3;2*2-6H,1H3;2*1-2H3/b8-7-,21-11+;;;;;;. The Morgan fingerprint density at radius 2 is 1.17 bits per heavy atom. The van der Waals surface area contributed by atoms with E-state index in [0.717, 1.165) is 44.1 Å². The molecule has 0 heterocycles. The molecule has 4 aromatic carbocycles. The highest BCUT2D eigenvalue weighted by Gasteiger charge is 2.29. The Morgan fingerprint density at radius 1 is 0.683 bits per heavy atom. The fraction of sp³-hybridized carbons (Fsp3) is 0.424. The van der Waals surface area contributed by atoms with Gasteiger partial charge in [0.2, 0.25) is 0 Å². The summed E-state index contributed by atoms with van der Waals surface area (Å²) >= 11 is 0. The minimum atomic E-state index is 0.502. The Hall–Kier alpha value is -4.46. The summed E-state index contributed by atoms with van der Waals surface area (Å²) in [5.74, 6) is 2.68. The summed E-state index contributed by atoms with van der Waals surface area (Å²) < 4.78 is 0. The number of hydrogen-bond acceptors (Lipinski definition) is 1. The number of benzene rings is 4. The third kappa shape index (κ3) is 23.4. The van der Waals surface area contributed by atoms with Crippen LogP contribution in [-0.2, 0) is 6.42 Å². The Balaban J connectivity index is 0.000000832. The van der Waals surface area contributed by atoms with Gasteiger partial charge in [0, 0.05) is 5.92 Å². The Labute approximate surface area is 372 Å². The van der Waals surface area contributed by atoms with E-state index >= 15 is 0 Å². The van der Waals surface area contributed by atoms with E-state index in [0.29, 0.717) is 11.8 Å². The van der Waals surface area contributed by atoms with Crippen LogP contribution in [0, 0.1) is 51.4 Å². The van der Waals surface area contributed by atoms with Crippen LogP contribution < -0.4 is 5.32 Å². The molecule has 3 unspecified atom stereocenters. The van der Waals surface area contributed by atoms with E-state index in [1.807, 2.05) is 71.1 Å². The molecular weight excluding hydrogens is 723 g/mol. The molecule has 2 aliphatic carbocycles. The lowest BCUT2D eigenvalue weighted by atomic mass is 9.78. The minimum Gasteiger partial charge on any atom is -0.319 e. The molecule has 0 saturated carbocycles. The quantitative estimate of drug-likeness (QED) is 0.166. The lowest BCUT2D eigenvalue weighted by Gasteiger charge is -2.26. The summed E-state index contributed by atoms with van der Waals surface area (Å²) in [6.07, 6.45) is 18.4. The van der Waals surface area contributed by atoms with Crippen LogP contribution in [0.3, 0.4) is 0 Å². The molecule has 1 nitrogen and oxygen atoms in total. The number of fused-ring (bicyclic) bond motifs is 1. The van der Waals surface area contributed by atoms with Gasteiger partial charge < -0.3 is 5.32 Å². The second kappa shape index (κ2) is 34.3. The molecule has 0 saturated heterocycles. The van der Waals surface area contributed by atoms with Gasteiger partial charge in [-0.05, 0) is 108 Å². The van der Waals surface area contributed by atoms with Gasteiger partial charge in [0.15, 0.2) is 0 Å². The molecule has 0 amide bonds. The topological polar surface area (TPSA) is 12.0 Å². The number of allylic oxidation sites excluding steroid dienone is 10. The second-order valence-corrected chi connectivity index (χ2v) is 15.9. The highest BCUT2D eigenvalue weighted by Crippen LogP contribution is 2.45. The fourth-order valence-corrected chi connectivity index (χ4v) is 6.57. The maximum absolute atomic E-state index is 3.15. The van der Waals surface area contributed by atoms with Crippen molar-refractivity contribution in [2.45, 2.75) is 130 Å². The van der Waals surface area contributed by atoms with Gasteiger partial charge in [0.05, 0.1) is 0 Å². The monoisotopic (exact) mass is 810 g/mol. The number of hydrogen-bond donors (Lipinski definition) is 1. The van der Waals surface area contributed by atoms with E-state index in [2.05, 4.69) is 191 Å². The fourth-order valence-electron chi connectivity index (χ4n) is 6.57. The van der Waals surface area contributed by atoms with E-state index in [9.17, 15) is 0 Å². The number of aryl methyl sites for hydroxylation is 4. The lowest BCUT2D eigenvalue weighted by molar-refractivity contribution is 0.405. The average molecular weight is 810 g/mol. The lowest BCUT2D eigenvalue weighted by Crippen LogP contribution is -2.20. The summed E-state index contributed by atoms with van der Waals surface area (Å²) in [5, 5.41) is 3.15. The smallest absolute Gasteiger partial charge is 0.00873 e. The van der Waals surface area contributed by atoms with E-state index in [-0.39, 0.29) is 0 Å². The number of nitrogens with one attached hydrogen (secondary N) is 1. The molecule has 0 spiro atoms. The maximum atomic E-state index is 3.15. The van der Waals surface area contributed by atoms with E-state index < -0.39 is 0 Å². The second-order valence-electron chi connectivity index (χ2n) is 15.9. The molecular formula is C59H87N. The molecule has 0 bridgehead atoms. The highest BCUT2D eigenvalue weighted by atomic mass is 14.8. The Kier molecular flexibility index (Phi) is 31.7. The van der Waals surface area contributed by atoms with Crippen molar-refractivity contribution >= 4 is 5.57 Å². The maximum Gasteiger partial charge on any atom is 0.00873 e. The first-order valence-electron chi connectivity index (χ1n) is 23.1. The first kappa shape index (κ1) is 55.5. The van der Waals surface area contributed by atoms with Crippen molar-refractivity contribution in [2.24, 2.45) is 23.7 Å². The molecule has 0 fully saturated rings. The van der Waals surface area contributed by atoms with Crippen LogP contribution in [0.15, 0.2) is 162 Å². The van der Waals surface area contributed by atoms with Crippen molar-refractivity contribution in [1.29, 1.82) is 0 Å². The van der Waals surface area contributed by atoms with Crippen LogP contribution >= 0.6 is 0 Å². The van der Waals surface area contributed by atoms with Gasteiger partial charge in [-0.2, -0.15) is 0 Å². The Morgan fingerprint density at radius 3 is 1.57 bits per heavy atom. The molecule has 4 aromatic rings. The number of rotatable bonds is 9. The van der Waals surface area contributed by atoms with Crippen LogP contribution in [0.5, 0.6) is 0 Å². The van der Waals surface area contributed by atoms with Gasteiger partial charge in [-0.15, -0.1) is 0 Å². The highest BCUT2D eigenvalue weighted by molar-refractivity contribution is 5.80. The van der Waals surface area contributed by atoms with Gasteiger partial charge >= 0.3 is 0 Å². The summed E-state index contributed by atoms with van der Waals surface area (Å²) in [6.45, 7) is 33.3. The normalized spacial score (nSPS) is 15.3. The van der Waals surface area contributed by atoms with Gasteiger partial charge in [0.1, 0.15) is 0 Å². The van der Waals surface area contributed by atoms with Crippen molar-refractivity contribution in [1.82, 2.24) is 5.32 Å². The van der Waals surface area contributed by atoms with Crippen LogP contribution in [-0.4, -0.2) is 13.6 Å². The van der Waals surface area contributed by atoms with Crippen LogP contribution in [0.2, 0.25) is 0 Å². The predicted molar refractivity (Wildman–Crippen MR) is 274 cm³/mol. The SMILES string of the molecule is CC.CC.CC/C=C\C=C(/CC)CC1=C(C2C=CC(C)=CC2C)c2ccccc2C1.CNCC(C)C(C)C.Cc1ccc(C)cc1.Cc1ccccc1.Cc1ccccc1. The molecule has 3 atom stereocenters. The third-order valence-electron chi connectivity index (χ3n) is 10.4. The van der Waals surface area contributed by atoms with E-state index in [4.69, 9.17) is 0 Å². The van der Waals surface area contributed by atoms with Crippen molar-refractivity contribution in [3.63, 3.8) is 0 Å². The Bertz CT molecular complexity index is 1740. The van der Waals surface area contributed by atoms with Gasteiger partial charge in [-0.25, -0.2) is 0 Å².